The molecule has 150 valence electrons. The van der Waals surface area contributed by atoms with E-state index in [1.165, 1.54) is 4.68 Å². The van der Waals surface area contributed by atoms with Gasteiger partial charge in [-0.15, -0.1) is 5.10 Å². The molecule has 1 aromatic heterocycles. The largest absolute Gasteiger partial charge is 0.373 e. The van der Waals surface area contributed by atoms with Gasteiger partial charge in [0.1, 0.15) is 12.1 Å². The van der Waals surface area contributed by atoms with E-state index in [0.29, 0.717) is 10.9 Å². The number of nitrogens with zero attached hydrogens (tertiary/aromatic N) is 5. The molecule has 1 amide bonds. The molecule has 0 N–H and O–H groups in total. The van der Waals surface area contributed by atoms with E-state index in [4.69, 9.17) is 4.74 Å². The number of hydrogen-bond donors (Lipinski definition) is 0. The molecular weight excluding hydrogens is 358 g/mol. The third-order valence-corrected chi connectivity index (χ3v) is 5.58. The Balaban J connectivity index is 1.45. The van der Waals surface area contributed by atoms with Crippen LogP contribution in [0.3, 0.4) is 0 Å². The molecule has 0 unspecified atom stereocenters. The van der Waals surface area contributed by atoms with Crippen molar-refractivity contribution in [3.05, 3.63) is 34.6 Å². The molecule has 8 nitrogen and oxygen atoms in total. The van der Waals surface area contributed by atoms with Gasteiger partial charge in [0.15, 0.2) is 0 Å². The first-order chi connectivity index (χ1) is 13.5. The minimum atomic E-state index is -0.273. The van der Waals surface area contributed by atoms with Crippen LogP contribution in [-0.2, 0) is 16.1 Å². The van der Waals surface area contributed by atoms with Crippen molar-refractivity contribution in [3.8, 4) is 0 Å². The number of rotatable bonds is 4. The number of carbonyl (C=O) groups is 1. The summed E-state index contributed by atoms with van der Waals surface area (Å²) in [5, 5.41) is 8.51. The van der Waals surface area contributed by atoms with Gasteiger partial charge in [-0.05, 0) is 38.8 Å². The van der Waals surface area contributed by atoms with Crippen molar-refractivity contribution in [2.75, 3.05) is 26.2 Å². The Morgan fingerprint density at radius 3 is 2.75 bits per heavy atom. The number of benzene rings is 1. The van der Waals surface area contributed by atoms with Crippen LogP contribution in [0.15, 0.2) is 29.1 Å². The lowest BCUT2D eigenvalue weighted by Crippen LogP contribution is -2.51. The number of aromatic nitrogens is 3. The minimum absolute atomic E-state index is 0.0662. The zero-order chi connectivity index (χ0) is 19.7. The van der Waals surface area contributed by atoms with Gasteiger partial charge in [0.25, 0.3) is 5.56 Å². The summed E-state index contributed by atoms with van der Waals surface area (Å²) in [5.41, 5.74) is 0.274. The lowest BCUT2D eigenvalue weighted by atomic mass is 10.1. The standard InChI is InChI=1S/C20H27N5O3/c1-14-10-23(11-15(2)28-14)12-16-6-5-9-24(16)19(26)13-25-20(27)17-7-3-4-8-18(17)21-22-25/h3-4,7-8,14-16H,5-6,9-13H2,1-2H3/t14-,15-,16+/m1/s1. The van der Waals surface area contributed by atoms with Gasteiger partial charge in [-0.1, -0.05) is 17.3 Å². The van der Waals surface area contributed by atoms with Crippen LogP contribution < -0.4 is 5.56 Å². The Morgan fingerprint density at radius 1 is 1.21 bits per heavy atom. The highest BCUT2D eigenvalue weighted by Gasteiger charge is 2.32. The molecule has 2 saturated heterocycles. The van der Waals surface area contributed by atoms with E-state index >= 15 is 0 Å². The summed E-state index contributed by atoms with van der Waals surface area (Å²) in [6, 6.07) is 7.24. The fraction of sp³-hybridized carbons (Fsp3) is 0.600. The van der Waals surface area contributed by atoms with E-state index in [1.54, 1.807) is 18.2 Å². The number of morpholine rings is 1. The molecule has 2 aliphatic rings. The number of ether oxygens (including phenoxy) is 1. The molecule has 8 heteroatoms. The van der Waals surface area contributed by atoms with Crippen molar-refractivity contribution in [3.63, 3.8) is 0 Å². The van der Waals surface area contributed by atoms with Crippen molar-refractivity contribution in [2.24, 2.45) is 0 Å². The topological polar surface area (TPSA) is 80.6 Å². The lowest BCUT2D eigenvalue weighted by molar-refractivity contribution is -0.134. The number of hydrogen-bond acceptors (Lipinski definition) is 6. The van der Waals surface area contributed by atoms with E-state index in [-0.39, 0.29) is 36.3 Å². The molecule has 0 saturated carbocycles. The van der Waals surface area contributed by atoms with E-state index in [2.05, 4.69) is 29.1 Å². The highest BCUT2D eigenvalue weighted by Crippen LogP contribution is 2.21. The molecule has 3 heterocycles. The quantitative estimate of drug-likeness (QED) is 0.778. The molecule has 0 aliphatic carbocycles. The number of fused-ring (bicyclic) bond motifs is 1. The third kappa shape index (κ3) is 3.93. The summed E-state index contributed by atoms with van der Waals surface area (Å²) in [4.78, 5) is 29.9. The molecule has 2 fully saturated rings. The molecule has 4 rings (SSSR count). The van der Waals surface area contributed by atoms with Gasteiger partial charge in [-0.2, -0.15) is 0 Å². The highest BCUT2D eigenvalue weighted by atomic mass is 16.5. The lowest BCUT2D eigenvalue weighted by Gasteiger charge is -2.38. The summed E-state index contributed by atoms with van der Waals surface area (Å²) < 4.78 is 6.99. The second kappa shape index (κ2) is 7.97. The maximum Gasteiger partial charge on any atom is 0.278 e. The van der Waals surface area contributed by atoms with Crippen LogP contribution in [0.1, 0.15) is 26.7 Å². The van der Waals surface area contributed by atoms with Crippen LogP contribution in [0, 0.1) is 0 Å². The zero-order valence-electron chi connectivity index (χ0n) is 16.5. The number of carbonyl (C=O) groups excluding carboxylic acids is 1. The number of likely N-dealkylation sites (tertiary alicyclic amines) is 1. The van der Waals surface area contributed by atoms with Gasteiger partial charge < -0.3 is 9.64 Å². The molecule has 28 heavy (non-hydrogen) atoms. The van der Waals surface area contributed by atoms with Crippen LogP contribution in [0.5, 0.6) is 0 Å². The van der Waals surface area contributed by atoms with Gasteiger partial charge >= 0.3 is 0 Å². The SMILES string of the molecule is C[C@@H]1CN(C[C@@H]2CCCN2C(=O)Cn2nnc3ccccc3c2=O)C[C@@H](C)O1. The van der Waals surface area contributed by atoms with Gasteiger partial charge in [0, 0.05) is 32.2 Å². The van der Waals surface area contributed by atoms with Crippen LogP contribution in [-0.4, -0.2) is 75.1 Å². The van der Waals surface area contributed by atoms with Crippen LogP contribution in [0.4, 0.5) is 0 Å². The van der Waals surface area contributed by atoms with E-state index in [1.807, 2.05) is 11.0 Å². The predicted molar refractivity (Wildman–Crippen MR) is 105 cm³/mol. The van der Waals surface area contributed by atoms with Crippen molar-refractivity contribution in [1.29, 1.82) is 0 Å². The first-order valence-electron chi connectivity index (χ1n) is 10.0. The maximum atomic E-state index is 12.9. The Morgan fingerprint density at radius 2 is 1.96 bits per heavy atom. The predicted octanol–water partition coefficient (Wildman–Crippen LogP) is 0.892. The van der Waals surface area contributed by atoms with Crippen molar-refractivity contribution in [2.45, 2.75) is 51.5 Å². The van der Waals surface area contributed by atoms with Crippen molar-refractivity contribution >= 4 is 16.8 Å². The first kappa shape index (κ1) is 19.0. The third-order valence-electron chi connectivity index (χ3n) is 5.58. The average molecular weight is 385 g/mol. The van der Waals surface area contributed by atoms with Gasteiger partial charge in [-0.25, -0.2) is 4.68 Å². The van der Waals surface area contributed by atoms with Crippen LogP contribution in [0.25, 0.3) is 10.9 Å². The second-order valence-electron chi connectivity index (χ2n) is 7.93. The summed E-state index contributed by atoms with van der Waals surface area (Å²) in [5.74, 6) is -0.0662. The molecular formula is C20H27N5O3. The molecule has 0 radical (unpaired) electrons. The summed E-state index contributed by atoms with van der Waals surface area (Å²) in [7, 11) is 0. The van der Waals surface area contributed by atoms with Gasteiger partial charge in [0.05, 0.1) is 17.6 Å². The summed E-state index contributed by atoms with van der Waals surface area (Å²) >= 11 is 0. The van der Waals surface area contributed by atoms with E-state index < -0.39 is 0 Å². The average Bonchev–Trinajstić information content (AvgIpc) is 3.11. The van der Waals surface area contributed by atoms with Crippen molar-refractivity contribution in [1.82, 2.24) is 24.8 Å². The zero-order valence-corrected chi connectivity index (χ0v) is 16.5. The summed E-state index contributed by atoms with van der Waals surface area (Å²) in [6.07, 6.45) is 2.40. The van der Waals surface area contributed by atoms with Crippen LogP contribution in [0.2, 0.25) is 0 Å². The van der Waals surface area contributed by atoms with Gasteiger partial charge in [-0.3, -0.25) is 14.5 Å². The normalized spacial score (nSPS) is 26.1. The first-order valence-corrected chi connectivity index (χ1v) is 10.0. The van der Waals surface area contributed by atoms with E-state index in [9.17, 15) is 9.59 Å². The van der Waals surface area contributed by atoms with Crippen molar-refractivity contribution < 1.29 is 9.53 Å². The molecule has 0 bridgehead atoms. The summed E-state index contributed by atoms with van der Waals surface area (Å²) in [6.45, 7) is 7.47. The van der Waals surface area contributed by atoms with E-state index in [0.717, 1.165) is 39.0 Å². The van der Waals surface area contributed by atoms with Crippen LogP contribution >= 0.6 is 0 Å². The second-order valence-corrected chi connectivity index (χ2v) is 7.93. The molecule has 2 aliphatic heterocycles. The Hall–Kier alpha value is -2.32. The molecule has 1 aromatic carbocycles. The van der Waals surface area contributed by atoms with Gasteiger partial charge in [0.2, 0.25) is 5.91 Å². The Bertz CT molecular complexity index is 904. The monoisotopic (exact) mass is 385 g/mol. The Kier molecular flexibility index (Phi) is 5.41. The molecule has 0 spiro atoms. The fourth-order valence-electron chi connectivity index (χ4n) is 4.43. The molecule has 2 aromatic rings. The molecule has 3 atom stereocenters. The number of amides is 1. The smallest absolute Gasteiger partial charge is 0.278 e. The highest BCUT2D eigenvalue weighted by molar-refractivity contribution is 5.78. The Labute approximate surface area is 164 Å². The fourth-order valence-corrected chi connectivity index (χ4v) is 4.43. The minimum Gasteiger partial charge on any atom is -0.373 e. The maximum absolute atomic E-state index is 12.9.